The van der Waals surface area contributed by atoms with Gasteiger partial charge in [0.05, 0.1) is 9.85 Å². The van der Waals surface area contributed by atoms with Gasteiger partial charge < -0.3 is 4.74 Å². The summed E-state index contributed by atoms with van der Waals surface area (Å²) in [6, 6.07) is 10.3. The molecule has 0 saturated heterocycles. The Labute approximate surface area is 120 Å². The Morgan fingerprint density at radius 2 is 1.57 bits per heavy atom. The number of rotatable bonds is 5. The van der Waals surface area contributed by atoms with Crippen LogP contribution in [0, 0.1) is 20.2 Å². The van der Waals surface area contributed by atoms with Crippen LogP contribution in [-0.2, 0) is 6.42 Å². The molecule has 7 heteroatoms. The maximum absolute atomic E-state index is 11.1. The van der Waals surface area contributed by atoms with Crippen molar-refractivity contribution in [3.8, 4) is 11.5 Å². The predicted octanol–water partition coefficient (Wildman–Crippen LogP) is 3.86. The summed E-state index contributed by atoms with van der Waals surface area (Å²) >= 11 is 0. The molecular formula is C14H12N2O5. The van der Waals surface area contributed by atoms with Gasteiger partial charge in [0.1, 0.15) is 0 Å². The minimum atomic E-state index is -0.596. The molecule has 0 aliphatic heterocycles. The van der Waals surface area contributed by atoms with Crippen molar-refractivity contribution in [2.45, 2.75) is 13.3 Å². The first kappa shape index (κ1) is 14.4. The van der Waals surface area contributed by atoms with Crippen molar-refractivity contribution in [2.75, 3.05) is 0 Å². The Morgan fingerprint density at radius 1 is 0.952 bits per heavy atom. The number of nitro groups is 2. The molecule has 7 nitrogen and oxygen atoms in total. The second-order valence-corrected chi connectivity index (χ2v) is 4.24. The summed E-state index contributed by atoms with van der Waals surface area (Å²) in [7, 11) is 0. The third-order valence-corrected chi connectivity index (χ3v) is 2.91. The normalized spacial score (nSPS) is 10.1. The molecule has 0 unspecified atom stereocenters. The number of nitrogens with zero attached hydrogens (tertiary/aromatic N) is 2. The van der Waals surface area contributed by atoms with E-state index in [-0.39, 0.29) is 22.9 Å². The minimum absolute atomic E-state index is 0.0218. The lowest BCUT2D eigenvalue weighted by Gasteiger charge is -2.07. The van der Waals surface area contributed by atoms with Gasteiger partial charge in [-0.1, -0.05) is 25.1 Å². The number of hydrogen-bond acceptors (Lipinski definition) is 5. The van der Waals surface area contributed by atoms with Gasteiger partial charge in [-0.3, -0.25) is 20.2 Å². The fourth-order valence-corrected chi connectivity index (χ4v) is 1.82. The molecule has 0 heterocycles. The average Bonchev–Trinajstić information content (AvgIpc) is 2.47. The Kier molecular flexibility index (Phi) is 4.13. The first-order valence-electron chi connectivity index (χ1n) is 6.21. The van der Waals surface area contributed by atoms with Gasteiger partial charge in [0.15, 0.2) is 0 Å². The zero-order chi connectivity index (χ0) is 15.4. The molecule has 2 aromatic carbocycles. The maximum atomic E-state index is 11.1. The van der Waals surface area contributed by atoms with Crippen molar-refractivity contribution in [1.29, 1.82) is 0 Å². The molecule has 0 atom stereocenters. The van der Waals surface area contributed by atoms with Gasteiger partial charge in [0.25, 0.3) is 0 Å². The van der Waals surface area contributed by atoms with Crippen molar-refractivity contribution >= 4 is 11.4 Å². The molecule has 0 saturated carbocycles. The molecule has 0 fully saturated rings. The Balaban J connectivity index is 2.45. The Hall–Kier alpha value is -2.96. The molecule has 108 valence electrons. The van der Waals surface area contributed by atoms with E-state index >= 15 is 0 Å². The molecular weight excluding hydrogens is 276 g/mol. The van der Waals surface area contributed by atoms with Gasteiger partial charge in [-0.2, -0.15) is 0 Å². The molecule has 0 aliphatic rings. The molecule has 0 radical (unpaired) electrons. The van der Waals surface area contributed by atoms with Crippen LogP contribution < -0.4 is 4.74 Å². The summed E-state index contributed by atoms with van der Waals surface area (Å²) in [6.45, 7) is 1.88. The van der Waals surface area contributed by atoms with Crippen LogP contribution in [0.1, 0.15) is 12.5 Å². The van der Waals surface area contributed by atoms with Crippen LogP contribution in [0.25, 0.3) is 0 Å². The van der Waals surface area contributed by atoms with E-state index in [1.807, 2.05) is 6.92 Å². The van der Waals surface area contributed by atoms with Crippen molar-refractivity contribution in [3.05, 3.63) is 68.3 Å². The summed E-state index contributed by atoms with van der Waals surface area (Å²) in [6.07, 6.45) is 0.645. The van der Waals surface area contributed by atoms with E-state index in [4.69, 9.17) is 4.74 Å². The fraction of sp³-hybridized carbons (Fsp3) is 0.143. The van der Waals surface area contributed by atoms with Crippen LogP contribution in [0.5, 0.6) is 11.5 Å². The lowest BCUT2D eigenvalue weighted by atomic mass is 10.1. The standard InChI is InChI=1S/C14H12N2O5/c1-2-10-7-8-14(12(9-10)16(19)20)21-13-6-4-3-5-11(13)15(17)18/h3-9H,2H2,1H3. The van der Waals surface area contributed by atoms with E-state index in [1.165, 1.54) is 30.3 Å². The zero-order valence-electron chi connectivity index (χ0n) is 11.2. The number of hydrogen-bond donors (Lipinski definition) is 0. The highest BCUT2D eigenvalue weighted by molar-refractivity contribution is 5.54. The second-order valence-electron chi connectivity index (χ2n) is 4.24. The molecule has 0 spiro atoms. The van der Waals surface area contributed by atoms with E-state index < -0.39 is 9.85 Å². The van der Waals surface area contributed by atoms with E-state index in [9.17, 15) is 20.2 Å². The largest absolute Gasteiger partial charge is 0.443 e. The highest BCUT2D eigenvalue weighted by Crippen LogP contribution is 2.36. The molecule has 2 aromatic rings. The van der Waals surface area contributed by atoms with Crippen LogP contribution in [0.15, 0.2) is 42.5 Å². The molecule has 2 rings (SSSR count). The lowest BCUT2D eigenvalue weighted by Crippen LogP contribution is -1.97. The fourth-order valence-electron chi connectivity index (χ4n) is 1.82. The van der Waals surface area contributed by atoms with E-state index in [2.05, 4.69) is 0 Å². The summed E-state index contributed by atoms with van der Waals surface area (Å²) in [5.41, 5.74) is 0.329. The smallest absolute Gasteiger partial charge is 0.311 e. The Morgan fingerprint density at radius 3 is 2.19 bits per heavy atom. The summed E-state index contributed by atoms with van der Waals surface area (Å²) in [4.78, 5) is 20.9. The topological polar surface area (TPSA) is 95.5 Å². The first-order chi connectivity index (χ1) is 10.0. The summed E-state index contributed by atoms with van der Waals surface area (Å²) in [5, 5.41) is 22.0. The number of benzene rings is 2. The highest BCUT2D eigenvalue weighted by Gasteiger charge is 2.20. The second kappa shape index (κ2) is 6.00. The van der Waals surface area contributed by atoms with Crippen LogP contribution in [-0.4, -0.2) is 9.85 Å². The highest BCUT2D eigenvalue weighted by atomic mass is 16.6. The van der Waals surface area contributed by atoms with Crippen molar-refractivity contribution in [1.82, 2.24) is 0 Å². The Bertz CT molecular complexity index is 700. The first-order valence-corrected chi connectivity index (χ1v) is 6.21. The summed E-state index contributed by atoms with van der Waals surface area (Å²) < 4.78 is 5.38. The molecule has 0 amide bonds. The third-order valence-electron chi connectivity index (χ3n) is 2.91. The van der Waals surface area contributed by atoms with Crippen molar-refractivity contribution in [2.24, 2.45) is 0 Å². The van der Waals surface area contributed by atoms with Crippen LogP contribution in [0.2, 0.25) is 0 Å². The van der Waals surface area contributed by atoms with Crippen molar-refractivity contribution < 1.29 is 14.6 Å². The van der Waals surface area contributed by atoms with Gasteiger partial charge in [-0.05, 0) is 24.1 Å². The van der Waals surface area contributed by atoms with Gasteiger partial charge in [0, 0.05) is 12.1 Å². The SMILES string of the molecule is CCc1ccc(Oc2ccccc2[N+](=O)[O-])c([N+](=O)[O-])c1. The van der Waals surface area contributed by atoms with E-state index in [1.54, 1.807) is 12.1 Å². The molecule has 21 heavy (non-hydrogen) atoms. The maximum Gasteiger partial charge on any atom is 0.311 e. The molecule has 0 aliphatic carbocycles. The zero-order valence-corrected chi connectivity index (χ0v) is 11.2. The van der Waals surface area contributed by atoms with Gasteiger partial charge in [-0.25, -0.2) is 0 Å². The number of nitro benzene ring substituents is 2. The third kappa shape index (κ3) is 3.14. The predicted molar refractivity (Wildman–Crippen MR) is 75.6 cm³/mol. The average molecular weight is 288 g/mol. The minimum Gasteiger partial charge on any atom is -0.443 e. The number of aryl methyl sites for hydroxylation is 1. The van der Waals surface area contributed by atoms with Crippen LogP contribution in [0.3, 0.4) is 0 Å². The van der Waals surface area contributed by atoms with Crippen LogP contribution in [0.4, 0.5) is 11.4 Å². The van der Waals surface area contributed by atoms with Gasteiger partial charge >= 0.3 is 11.4 Å². The van der Waals surface area contributed by atoms with Crippen molar-refractivity contribution in [3.63, 3.8) is 0 Å². The number of para-hydroxylation sites is 2. The quantitative estimate of drug-likeness (QED) is 0.614. The molecule has 0 bridgehead atoms. The van der Waals surface area contributed by atoms with E-state index in [0.717, 1.165) is 5.56 Å². The van der Waals surface area contributed by atoms with E-state index in [0.29, 0.717) is 6.42 Å². The molecule has 0 aromatic heterocycles. The summed E-state index contributed by atoms with van der Waals surface area (Å²) in [5.74, 6) is -0.0543. The molecule has 0 N–H and O–H groups in total. The van der Waals surface area contributed by atoms with Crippen LogP contribution >= 0.6 is 0 Å². The monoisotopic (exact) mass is 288 g/mol. The van der Waals surface area contributed by atoms with Gasteiger partial charge in [-0.15, -0.1) is 0 Å². The number of ether oxygens (including phenoxy) is 1. The van der Waals surface area contributed by atoms with Gasteiger partial charge in [0.2, 0.25) is 11.5 Å². The lowest BCUT2D eigenvalue weighted by molar-refractivity contribution is -0.387.